The molecule has 2 rings (SSSR count). The molecule has 0 saturated heterocycles. The summed E-state index contributed by atoms with van der Waals surface area (Å²) in [5.41, 5.74) is 1.40. The van der Waals surface area contributed by atoms with Crippen LogP contribution in [0.4, 0.5) is 5.69 Å². The highest BCUT2D eigenvalue weighted by atomic mass is 32.2. The van der Waals surface area contributed by atoms with Crippen molar-refractivity contribution >= 4 is 21.5 Å². The highest BCUT2D eigenvalue weighted by Gasteiger charge is 2.10. The van der Waals surface area contributed by atoms with Crippen LogP contribution in [0.2, 0.25) is 0 Å². The SMILES string of the molecule is COc1cccc(C(=O)c2ccc(NS(C)(=O)=O)cc2)c1. The Hall–Kier alpha value is -2.34. The van der Waals surface area contributed by atoms with Gasteiger partial charge in [-0.15, -0.1) is 0 Å². The maximum atomic E-state index is 12.3. The lowest BCUT2D eigenvalue weighted by atomic mass is 10.0. The first-order chi connectivity index (χ1) is 9.89. The molecule has 6 heteroatoms. The monoisotopic (exact) mass is 305 g/mol. The van der Waals surface area contributed by atoms with Crippen molar-refractivity contribution in [2.45, 2.75) is 0 Å². The summed E-state index contributed by atoms with van der Waals surface area (Å²) in [4.78, 5) is 12.3. The van der Waals surface area contributed by atoms with Gasteiger partial charge in [0.15, 0.2) is 5.78 Å². The Kier molecular flexibility index (Phi) is 4.28. The van der Waals surface area contributed by atoms with Crippen molar-refractivity contribution in [3.05, 3.63) is 59.7 Å². The molecule has 2 aromatic rings. The van der Waals surface area contributed by atoms with Crippen molar-refractivity contribution in [2.24, 2.45) is 0 Å². The van der Waals surface area contributed by atoms with Crippen LogP contribution < -0.4 is 9.46 Å². The number of ether oxygens (including phenoxy) is 1. The van der Waals surface area contributed by atoms with E-state index in [4.69, 9.17) is 4.74 Å². The summed E-state index contributed by atoms with van der Waals surface area (Å²) in [6, 6.07) is 13.1. The average Bonchev–Trinajstić information content (AvgIpc) is 2.46. The molecule has 0 aliphatic heterocycles. The second kappa shape index (κ2) is 5.97. The lowest BCUT2D eigenvalue weighted by Crippen LogP contribution is -2.09. The van der Waals surface area contributed by atoms with Crippen LogP contribution in [0.15, 0.2) is 48.5 Å². The van der Waals surface area contributed by atoms with Gasteiger partial charge in [0.1, 0.15) is 5.75 Å². The fraction of sp³-hybridized carbons (Fsp3) is 0.133. The number of ketones is 1. The summed E-state index contributed by atoms with van der Waals surface area (Å²) >= 11 is 0. The molecule has 0 spiro atoms. The Labute approximate surface area is 123 Å². The molecule has 0 heterocycles. The molecular formula is C15H15NO4S. The van der Waals surface area contributed by atoms with Crippen molar-refractivity contribution < 1.29 is 17.9 Å². The number of nitrogens with one attached hydrogen (secondary N) is 1. The molecule has 0 aromatic heterocycles. The van der Waals surface area contributed by atoms with Gasteiger partial charge < -0.3 is 4.74 Å². The first-order valence-corrected chi connectivity index (χ1v) is 8.05. The quantitative estimate of drug-likeness (QED) is 0.860. The number of hydrogen-bond acceptors (Lipinski definition) is 4. The largest absolute Gasteiger partial charge is 0.497 e. The normalized spacial score (nSPS) is 11.0. The molecule has 110 valence electrons. The van der Waals surface area contributed by atoms with E-state index in [0.717, 1.165) is 6.26 Å². The van der Waals surface area contributed by atoms with Gasteiger partial charge in [0.25, 0.3) is 0 Å². The van der Waals surface area contributed by atoms with Crippen LogP contribution in [-0.2, 0) is 10.0 Å². The minimum atomic E-state index is -3.32. The van der Waals surface area contributed by atoms with E-state index in [0.29, 0.717) is 22.6 Å². The molecule has 0 atom stereocenters. The molecule has 0 bridgehead atoms. The second-order valence-electron chi connectivity index (χ2n) is 4.51. The number of benzene rings is 2. The Bertz CT molecular complexity index is 751. The molecule has 0 aliphatic carbocycles. The molecule has 0 saturated carbocycles. The average molecular weight is 305 g/mol. The fourth-order valence-electron chi connectivity index (χ4n) is 1.83. The number of anilines is 1. The van der Waals surface area contributed by atoms with Gasteiger partial charge in [-0.3, -0.25) is 9.52 Å². The number of methoxy groups -OCH3 is 1. The Morgan fingerprint density at radius 1 is 1.05 bits per heavy atom. The Balaban J connectivity index is 2.23. The molecule has 0 aliphatic rings. The lowest BCUT2D eigenvalue weighted by molar-refractivity contribution is 0.103. The van der Waals surface area contributed by atoms with Gasteiger partial charge in [-0.05, 0) is 36.4 Å². The van der Waals surface area contributed by atoms with Gasteiger partial charge in [0, 0.05) is 16.8 Å². The van der Waals surface area contributed by atoms with Gasteiger partial charge in [0.2, 0.25) is 10.0 Å². The van der Waals surface area contributed by atoms with E-state index in [-0.39, 0.29) is 5.78 Å². The summed E-state index contributed by atoms with van der Waals surface area (Å²) in [7, 11) is -1.79. The lowest BCUT2D eigenvalue weighted by Gasteiger charge is -2.06. The zero-order valence-electron chi connectivity index (χ0n) is 11.7. The molecule has 21 heavy (non-hydrogen) atoms. The Morgan fingerprint density at radius 3 is 2.29 bits per heavy atom. The molecular weight excluding hydrogens is 290 g/mol. The number of sulfonamides is 1. The molecule has 0 fully saturated rings. The summed E-state index contributed by atoms with van der Waals surface area (Å²) in [5.74, 6) is 0.455. The third-order valence-electron chi connectivity index (χ3n) is 2.78. The highest BCUT2D eigenvalue weighted by molar-refractivity contribution is 7.92. The van der Waals surface area contributed by atoms with E-state index in [9.17, 15) is 13.2 Å². The van der Waals surface area contributed by atoms with Crippen LogP contribution in [0.25, 0.3) is 0 Å². The third-order valence-corrected chi connectivity index (χ3v) is 3.39. The number of rotatable bonds is 5. The van der Waals surface area contributed by atoms with E-state index in [2.05, 4.69) is 4.72 Å². The highest BCUT2D eigenvalue weighted by Crippen LogP contribution is 2.18. The number of carbonyl (C=O) groups excluding carboxylic acids is 1. The van der Waals surface area contributed by atoms with E-state index >= 15 is 0 Å². The van der Waals surface area contributed by atoms with Gasteiger partial charge >= 0.3 is 0 Å². The summed E-state index contributed by atoms with van der Waals surface area (Å²) in [6.07, 6.45) is 1.07. The number of hydrogen-bond donors (Lipinski definition) is 1. The topological polar surface area (TPSA) is 72.5 Å². The van der Waals surface area contributed by atoms with Crippen molar-refractivity contribution in [1.29, 1.82) is 0 Å². The van der Waals surface area contributed by atoms with Crippen LogP contribution in [0.5, 0.6) is 5.75 Å². The predicted molar refractivity (Wildman–Crippen MR) is 81.3 cm³/mol. The van der Waals surface area contributed by atoms with E-state index < -0.39 is 10.0 Å². The van der Waals surface area contributed by atoms with Gasteiger partial charge in [-0.1, -0.05) is 12.1 Å². The molecule has 2 aromatic carbocycles. The minimum absolute atomic E-state index is 0.153. The fourth-order valence-corrected chi connectivity index (χ4v) is 2.40. The van der Waals surface area contributed by atoms with Crippen LogP contribution in [-0.4, -0.2) is 27.6 Å². The van der Waals surface area contributed by atoms with E-state index in [1.165, 1.54) is 7.11 Å². The van der Waals surface area contributed by atoms with E-state index in [1.807, 2.05) is 0 Å². The van der Waals surface area contributed by atoms with Crippen LogP contribution in [0.3, 0.4) is 0 Å². The van der Waals surface area contributed by atoms with Crippen molar-refractivity contribution in [1.82, 2.24) is 0 Å². The van der Waals surface area contributed by atoms with Crippen LogP contribution in [0, 0.1) is 0 Å². The smallest absolute Gasteiger partial charge is 0.229 e. The predicted octanol–water partition coefficient (Wildman–Crippen LogP) is 2.30. The summed E-state index contributed by atoms with van der Waals surface area (Å²) in [6.45, 7) is 0. The van der Waals surface area contributed by atoms with Crippen molar-refractivity contribution in [3.8, 4) is 5.75 Å². The third kappa shape index (κ3) is 4.06. The van der Waals surface area contributed by atoms with E-state index in [1.54, 1.807) is 48.5 Å². The minimum Gasteiger partial charge on any atom is -0.497 e. The maximum absolute atomic E-state index is 12.3. The van der Waals surface area contributed by atoms with Crippen molar-refractivity contribution in [3.63, 3.8) is 0 Å². The van der Waals surface area contributed by atoms with Gasteiger partial charge in [-0.25, -0.2) is 8.42 Å². The van der Waals surface area contributed by atoms with Crippen LogP contribution in [0.1, 0.15) is 15.9 Å². The first-order valence-electron chi connectivity index (χ1n) is 6.15. The maximum Gasteiger partial charge on any atom is 0.229 e. The standard InChI is InChI=1S/C15H15NO4S/c1-20-14-5-3-4-12(10-14)15(17)11-6-8-13(9-7-11)16-21(2,18)19/h3-10,16H,1-2H3. The molecule has 0 unspecified atom stereocenters. The summed E-state index contributed by atoms with van der Waals surface area (Å²) < 4.78 is 29.7. The van der Waals surface area contributed by atoms with Gasteiger partial charge in [0.05, 0.1) is 13.4 Å². The van der Waals surface area contributed by atoms with Crippen LogP contribution >= 0.6 is 0 Å². The summed E-state index contributed by atoms with van der Waals surface area (Å²) in [5, 5.41) is 0. The Morgan fingerprint density at radius 2 is 1.71 bits per heavy atom. The van der Waals surface area contributed by atoms with Crippen molar-refractivity contribution in [2.75, 3.05) is 18.1 Å². The molecule has 1 N–H and O–H groups in total. The molecule has 0 radical (unpaired) electrons. The zero-order chi connectivity index (χ0) is 15.5. The zero-order valence-corrected chi connectivity index (χ0v) is 12.5. The first kappa shape index (κ1) is 15.1. The molecule has 5 nitrogen and oxygen atoms in total. The molecule has 0 amide bonds. The number of carbonyl (C=O) groups is 1. The van der Waals surface area contributed by atoms with Gasteiger partial charge in [-0.2, -0.15) is 0 Å². The second-order valence-corrected chi connectivity index (χ2v) is 6.26.